The van der Waals surface area contributed by atoms with Gasteiger partial charge in [0.1, 0.15) is 5.82 Å². The number of likely N-dealkylation sites (N-methyl/N-ethyl adjacent to an activating group) is 1. The summed E-state index contributed by atoms with van der Waals surface area (Å²) in [6.07, 6.45) is 6.99. The third-order valence-corrected chi connectivity index (χ3v) is 5.52. The van der Waals surface area contributed by atoms with E-state index in [4.69, 9.17) is 5.73 Å². The number of nitrogens with two attached hydrogens (primary N) is 1. The van der Waals surface area contributed by atoms with E-state index in [2.05, 4.69) is 31.8 Å². The number of rotatable bonds is 7. The molecule has 4 rings (SSSR count). The molecule has 2 aromatic heterocycles. The molecular weight excluding hydrogens is 420 g/mol. The second kappa shape index (κ2) is 9.43. The molecule has 3 heterocycles. The molecule has 1 saturated heterocycles. The lowest BCUT2D eigenvalue weighted by Crippen LogP contribution is -2.36. The van der Waals surface area contributed by atoms with Gasteiger partial charge < -0.3 is 20.9 Å². The number of hydrogen-bond donors (Lipinski definition) is 2. The van der Waals surface area contributed by atoms with Crippen LogP contribution in [-0.4, -0.2) is 62.8 Å². The second-order valence-electron chi connectivity index (χ2n) is 7.61. The van der Waals surface area contributed by atoms with E-state index in [1.54, 1.807) is 23.4 Å². The summed E-state index contributed by atoms with van der Waals surface area (Å²) in [5.74, 6) is 0.665. The van der Waals surface area contributed by atoms with E-state index < -0.39 is 5.91 Å². The molecule has 1 aromatic carbocycles. The largest absolute Gasteiger partial charge is 0.364 e. The lowest BCUT2D eigenvalue weighted by Gasteiger charge is -2.26. The van der Waals surface area contributed by atoms with Gasteiger partial charge in [-0.2, -0.15) is 0 Å². The minimum Gasteiger partial charge on any atom is -0.364 e. The first-order chi connectivity index (χ1) is 16.0. The quantitative estimate of drug-likeness (QED) is 0.529. The molecule has 3 N–H and O–H groups in total. The summed E-state index contributed by atoms with van der Waals surface area (Å²) in [7, 11) is 1.89. The van der Waals surface area contributed by atoms with Crippen molar-refractivity contribution in [3.8, 4) is 11.4 Å². The number of hydrogen-bond acceptors (Lipinski definition) is 8. The Morgan fingerprint density at radius 3 is 2.61 bits per heavy atom. The molecule has 0 saturated carbocycles. The van der Waals surface area contributed by atoms with Gasteiger partial charge in [-0.15, -0.1) is 0 Å². The Morgan fingerprint density at radius 1 is 1.21 bits per heavy atom. The zero-order chi connectivity index (χ0) is 23.4. The summed E-state index contributed by atoms with van der Waals surface area (Å²) in [5, 5.41) is 3.13. The van der Waals surface area contributed by atoms with Gasteiger partial charge in [-0.3, -0.25) is 9.59 Å². The number of nitrogens with zero attached hydrogens (tertiary/aromatic N) is 6. The van der Waals surface area contributed by atoms with Gasteiger partial charge in [0, 0.05) is 49.8 Å². The zero-order valence-electron chi connectivity index (χ0n) is 18.2. The smallest absolute Gasteiger partial charge is 0.271 e. The van der Waals surface area contributed by atoms with Crippen LogP contribution in [0.4, 0.5) is 17.3 Å². The third kappa shape index (κ3) is 4.79. The van der Waals surface area contributed by atoms with Crippen LogP contribution in [0.5, 0.6) is 0 Å². The number of primary amides is 1. The van der Waals surface area contributed by atoms with Crippen LogP contribution in [0.2, 0.25) is 0 Å². The lowest BCUT2D eigenvalue weighted by atomic mass is 10.2. The molecule has 10 nitrogen and oxygen atoms in total. The predicted octanol–water partition coefficient (Wildman–Crippen LogP) is 2.00. The van der Waals surface area contributed by atoms with E-state index in [1.165, 1.54) is 12.3 Å². The average Bonchev–Trinajstić information content (AvgIpc) is 3.34. The number of nitrogens with one attached hydrogen (secondary N) is 1. The maximum absolute atomic E-state index is 11.9. The number of carbonyl (C=O) groups excluding carboxylic acids is 2. The molecule has 33 heavy (non-hydrogen) atoms. The zero-order valence-corrected chi connectivity index (χ0v) is 18.2. The lowest BCUT2D eigenvalue weighted by molar-refractivity contribution is -0.125. The van der Waals surface area contributed by atoms with Gasteiger partial charge in [0.2, 0.25) is 5.91 Å². The van der Waals surface area contributed by atoms with Crippen molar-refractivity contribution in [2.24, 2.45) is 5.73 Å². The van der Waals surface area contributed by atoms with Gasteiger partial charge >= 0.3 is 0 Å². The van der Waals surface area contributed by atoms with Crippen LogP contribution in [0.15, 0.2) is 61.6 Å². The molecule has 3 aromatic rings. The average molecular weight is 444 g/mol. The van der Waals surface area contributed by atoms with Gasteiger partial charge in [-0.1, -0.05) is 6.58 Å². The van der Waals surface area contributed by atoms with Gasteiger partial charge in [0.15, 0.2) is 17.3 Å². The van der Waals surface area contributed by atoms with Crippen molar-refractivity contribution < 1.29 is 9.59 Å². The number of carbonyl (C=O) groups is 2. The predicted molar refractivity (Wildman–Crippen MR) is 125 cm³/mol. The first-order valence-electron chi connectivity index (χ1n) is 10.4. The van der Waals surface area contributed by atoms with Crippen LogP contribution in [-0.2, 0) is 4.79 Å². The Hall–Kier alpha value is -4.34. The third-order valence-electron chi connectivity index (χ3n) is 5.52. The van der Waals surface area contributed by atoms with Crippen LogP contribution in [0, 0.1) is 0 Å². The molecule has 10 heteroatoms. The maximum atomic E-state index is 11.9. The molecule has 168 valence electrons. The van der Waals surface area contributed by atoms with Crippen molar-refractivity contribution in [2.75, 3.05) is 30.4 Å². The van der Waals surface area contributed by atoms with Gasteiger partial charge in [-0.05, 0) is 42.8 Å². The van der Waals surface area contributed by atoms with Crippen LogP contribution in [0.1, 0.15) is 16.9 Å². The molecule has 1 fully saturated rings. The number of anilines is 3. The highest BCUT2D eigenvalue weighted by Gasteiger charge is 2.29. The van der Waals surface area contributed by atoms with Crippen LogP contribution in [0.25, 0.3) is 11.4 Å². The fourth-order valence-electron chi connectivity index (χ4n) is 3.68. The van der Waals surface area contributed by atoms with Gasteiger partial charge in [0.05, 0.1) is 6.20 Å². The molecule has 0 unspecified atom stereocenters. The Morgan fingerprint density at radius 2 is 1.94 bits per heavy atom. The highest BCUT2D eigenvalue weighted by molar-refractivity contribution is 5.96. The van der Waals surface area contributed by atoms with Gasteiger partial charge in [-0.25, -0.2) is 19.9 Å². The van der Waals surface area contributed by atoms with E-state index >= 15 is 0 Å². The molecule has 0 radical (unpaired) electrons. The SMILES string of the molecule is C=CC(=O)N1CC[C@@H](N(C)c2cnc(C(N)=O)c(Nc3ccc(-c4ncccn4)cc3)n2)C1. The summed E-state index contributed by atoms with van der Waals surface area (Å²) in [6.45, 7) is 4.76. The van der Waals surface area contributed by atoms with E-state index in [1.807, 2.05) is 36.2 Å². The topological polar surface area (TPSA) is 130 Å². The number of benzene rings is 1. The highest BCUT2D eigenvalue weighted by atomic mass is 16.2. The van der Waals surface area contributed by atoms with E-state index in [0.717, 1.165) is 12.0 Å². The molecule has 0 aliphatic carbocycles. The Bertz CT molecular complexity index is 1170. The first-order valence-corrected chi connectivity index (χ1v) is 10.4. The Kier molecular flexibility index (Phi) is 6.25. The van der Waals surface area contributed by atoms with E-state index in [9.17, 15) is 9.59 Å². The van der Waals surface area contributed by atoms with Crippen molar-refractivity contribution >= 4 is 29.1 Å². The molecule has 0 spiro atoms. The highest BCUT2D eigenvalue weighted by Crippen LogP contribution is 2.25. The van der Waals surface area contributed by atoms with E-state index in [-0.39, 0.29) is 23.5 Å². The standard InChI is InChI=1S/C23H24N8O2/c1-3-19(32)31-12-9-17(14-31)30(2)18-13-27-20(21(24)33)23(29-18)28-16-7-5-15(6-8-16)22-25-10-4-11-26-22/h3-8,10-11,13,17H,1,9,12,14H2,2H3,(H2,24,33)(H,28,29)/t17-/m1/s1. The molecular formula is C23H24N8O2. The summed E-state index contributed by atoms with van der Waals surface area (Å²) in [4.78, 5) is 44.9. The van der Waals surface area contributed by atoms with E-state index in [0.29, 0.717) is 30.4 Å². The summed E-state index contributed by atoms with van der Waals surface area (Å²) >= 11 is 0. The van der Waals surface area contributed by atoms with Crippen LogP contribution in [0.3, 0.4) is 0 Å². The molecule has 1 aliphatic rings. The monoisotopic (exact) mass is 444 g/mol. The fourth-order valence-corrected chi connectivity index (χ4v) is 3.68. The fraction of sp³-hybridized carbons (Fsp3) is 0.217. The van der Waals surface area contributed by atoms with Crippen molar-refractivity contribution in [1.29, 1.82) is 0 Å². The van der Waals surface area contributed by atoms with Crippen LogP contribution < -0.4 is 16.0 Å². The molecule has 0 bridgehead atoms. The van der Waals surface area contributed by atoms with Crippen molar-refractivity contribution in [1.82, 2.24) is 24.8 Å². The van der Waals surface area contributed by atoms with Crippen molar-refractivity contribution in [2.45, 2.75) is 12.5 Å². The van der Waals surface area contributed by atoms with Crippen molar-refractivity contribution in [3.05, 3.63) is 67.3 Å². The first kappa shape index (κ1) is 21.9. The molecule has 2 amide bonds. The number of amides is 2. The summed E-state index contributed by atoms with van der Waals surface area (Å²) in [6, 6.07) is 9.24. The molecule has 1 atom stereocenters. The Balaban J connectivity index is 1.55. The van der Waals surface area contributed by atoms with Crippen molar-refractivity contribution in [3.63, 3.8) is 0 Å². The second-order valence-corrected chi connectivity index (χ2v) is 7.61. The minimum atomic E-state index is -0.683. The minimum absolute atomic E-state index is 0.0394. The molecule has 1 aliphatic heterocycles. The summed E-state index contributed by atoms with van der Waals surface area (Å²) in [5.41, 5.74) is 7.12. The van der Waals surface area contributed by atoms with Crippen LogP contribution >= 0.6 is 0 Å². The number of aromatic nitrogens is 4. The Labute approximate surface area is 191 Å². The maximum Gasteiger partial charge on any atom is 0.271 e. The van der Waals surface area contributed by atoms with Gasteiger partial charge in [0.25, 0.3) is 5.91 Å². The number of likely N-dealkylation sites (tertiary alicyclic amines) is 1. The summed E-state index contributed by atoms with van der Waals surface area (Å²) < 4.78 is 0. The normalized spacial score (nSPS) is 15.2.